The van der Waals surface area contributed by atoms with Gasteiger partial charge >= 0.3 is 6.85 Å². The van der Waals surface area contributed by atoms with Gasteiger partial charge in [-0.2, -0.15) is 0 Å². The molecule has 0 unspecified atom stereocenters. The molecule has 2 aliphatic rings. The van der Waals surface area contributed by atoms with E-state index in [1.807, 2.05) is 0 Å². The Labute approximate surface area is 281 Å². The quantitative estimate of drug-likeness (QED) is 0.179. The molecule has 0 fully saturated rings. The predicted octanol–water partition coefficient (Wildman–Crippen LogP) is 9.86. The molecule has 0 radical (unpaired) electrons. The van der Waals surface area contributed by atoms with Crippen LogP contribution in [0.1, 0.15) is 0 Å². The van der Waals surface area contributed by atoms with Crippen LogP contribution >= 0.6 is 0 Å². The van der Waals surface area contributed by atoms with Gasteiger partial charge in [0.2, 0.25) is 0 Å². The van der Waals surface area contributed by atoms with Crippen LogP contribution in [0.2, 0.25) is 0 Å². The number of aromatic nitrogens is 2. The van der Waals surface area contributed by atoms with Gasteiger partial charge in [-0.25, -0.2) is 0 Å². The van der Waals surface area contributed by atoms with Crippen LogP contribution in [0.4, 0.5) is 11.4 Å². The second kappa shape index (κ2) is 9.12. The Hall–Kier alpha value is -6.46. The Bertz CT molecular complexity index is 3010. The molecule has 0 atom stereocenters. The number of hydrogen-bond donors (Lipinski definition) is 0. The first-order valence-corrected chi connectivity index (χ1v) is 16.9. The monoisotopic (exact) mass is 623 g/mol. The van der Waals surface area contributed by atoms with Gasteiger partial charge in [0, 0.05) is 49.6 Å². The topological polar surface area (TPSA) is 26.2 Å². The van der Waals surface area contributed by atoms with Crippen molar-refractivity contribution in [3.63, 3.8) is 0 Å². The van der Waals surface area contributed by atoms with Crippen LogP contribution in [-0.4, -0.2) is 16.0 Å². The van der Waals surface area contributed by atoms with E-state index in [1.54, 1.807) is 0 Å². The number of benzene rings is 7. The summed E-state index contributed by atoms with van der Waals surface area (Å²) in [7, 11) is 0. The Balaban J connectivity index is 1.34. The zero-order valence-corrected chi connectivity index (χ0v) is 26.3. The molecule has 7 aromatic carbocycles. The molecule has 0 N–H and O–H groups in total. The number of nitrogens with zero attached hydrogens (tertiary/aromatic N) is 3. The van der Waals surface area contributed by atoms with E-state index in [1.165, 1.54) is 60.2 Å². The van der Waals surface area contributed by atoms with Crippen LogP contribution in [0.3, 0.4) is 0 Å². The van der Waals surface area contributed by atoms with Gasteiger partial charge in [0.05, 0.1) is 27.8 Å². The first-order valence-electron chi connectivity index (χ1n) is 16.9. The molecule has 10 aromatic rings. The zero-order chi connectivity index (χ0) is 31.8. The van der Waals surface area contributed by atoms with E-state index in [0.717, 1.165) is 39.4 Å². The van der Waals surface area contributed by atoms with E-state index >= 15 is 0 Å². The van der Waals surface area contributed by atoms with Gasteiger partial charge < -0.3 is 18.4 Å². The molecule has 5 heteroatoms. The fourth-order valence-electron chi connectivity index (χ4n) is 9.04. The Morgan fingerprint density at radius 1 is 0.490 bits per heavy atom. The minimum atomic E-state index is -0.0790. The van der Waals surface area contributed by atoms with E-state index in [4.69, 9.17) is 4.42 Å². The molecular weight excluding hydrogens is 597 g/mol. The van der Waals surface area contributed by atoms with Crippen LogP contribution in [0, 0.1) is 0 Å². The van der Waals surface area contributed by atoms with Crippen LogP contribution in [-0.2, 0) is 0 Å². The van der Waals surface area contributed by atoms with Crippen LogP contribution in [0.25, 0.3) is 77.3 Å². The maximum atomic E-state index is 6.80. The van der Waals surface area contributed by atoms with E-state index in [0.29, 0.717) is 0 Å². The fraction of sp³-hybridized carbons (Fsp3) is 0. The second-order valence-electron chi connectivity index (χ2n) is 13.2. The SMILES string of the molecule is c1ccc(N2B3c4c(cccc4-n4c5ccccc5c5c4c3cc3c4ccccc4n(-c4ccccc4)c35)-c3oc4ccccc4c32)cc1. The third-order valence-electron chi connectivity index (χ3n) is 10.9. The minimum absolute atomic E-state index is 0.0790. The van der Waals surface area contributed by atoms with Gasteiger partial charge in [-0.1, -0.05) is 103 Å². The van der Waals surface area contributed by atoms with Gasteiger partial charge in [-0.05, 0) is 65.5 Å². The van der Waals surface area contributed by atoms with Gasteiger partial charge in [-0.15, -0.1) is 0 Å². The van der Waals surface area contributed by atoms with Crippen molar-refractivity contribution in [2.75, 3.05) is 4.81 Å². The van der Waals surface area contributed by atoms with E-state index < -0.39 is 0 Å². The van der Waals surface area contributed by atoms with Crippen LogP contribution in [0.15, 0.2) is 162 Å². The summed E-state index contributed by atoms with van der Waals surface area (Å²) in [4.78, 5) is 2.55. The summed E-state index contributed by atoms with van der Waals surface area (Å²) in [5.74, 6) is 0.927. The van der Waals surface area contributed by atoms with Crippen molar-refractivity contribution in [1.29, 1.82) is 0 Å². The summed E-state index contributed by atoms with van der Waals surface area (Å²) in [6, 6.07) is 57.2. The lowest BCUT2D eigenvalue weighted by atomic mass is 9.44. The van der Waals surface area contributed by atoms with Crippen molar-refractivity contribution in [2.24, 2.45) is 0 Å². The van der Waals surface area contributed by atoms with Gasteiger partial charge in [0.15, 0.2) is 5.76 Å². The Morgan fingerprint density at radius 3 is 1.94 bits per heavy atom. The van der Waals surface area contributed by atoms with Crippen LogP contribution in [0.5, 0.6) is 0 Å². The van der Waals surface area contributed by atoms with Gasteiger partial charge in [0.25, 0.3) is 0 Å². The van der Waals surface area contributed by atoms with Gasteiger partial charge in [0.1, 0.15) is 5.58 Å². The Morgan fingerprint density at radius 2 is 1.14 bits per heavy atom. The summed E-state index contributed by atoms with van der Waals surface area (Å²) in [5, 5.41) is 6.19. The zero-order valence-electron chi connectivity index (χ0n) is 26.3. The van der Waals surface area contributed by atoms with E-state index in [-0.39, 0.29) is 6.85 Å². The summed E-state index contributed by atoms with van der Waals surface area (Å²) in [6.07, 6.45) is 0. The largest absolute Gasteiger partial charge is 0.454 e. The number of rotatable bonds is 2. The molecule has 0 spiro atoms. The lowest BCUT2D eigenvalue weighted by molar-refractivity contribution is 0.632. The first kappa shape index (κ1) is 25.6. The third kappa shape index (κ3) is 3.11. The highest BCUT2D eigenvalue weighted by Gasteiger charge is 2.46. The van der Waals surface area contributed by atoms with Crippen LogP contribution < -0.4 is 15.7 Å². The predicted molar refractivity (Wildman–Crippen MR) is 204 cm³/mol. The van der Waals surface area contributed by atoms with Gasteiger partial charge in [-0.3, -0.25) is 0 Å². The molecule has 0 aliphatic carbocycles. The molecule has 2 aliphatic heterocycles. The van der Waals surface area contributed by atoms with E-state index in [2.05, 4.69) is 172 Å². The molecule has 0 bridgehead atoms. The molecule has 0 amide bonds. The van der Waals surface area contributed by atoms with Crippen molar-refractivity contribution in [3.8, 4) is 22.7 Å². The normalized spacial score (nSPS) is 13.2. The number of hydrogen-bond acceptors (Lipinski definition) is 2. The smallest absolute Gasteiger partial charge is 0.333 e. The molecular formula is C44H26BN3O. The van der Waals surface area contributed by atoms with E-state index in [9.17, 15) is 0 Å². The summed E-state index contributed by atoms with van der Waals surface area (Å²) in [5.41, 5.74) is 14.2. The standard InChI is InChI=1S/C44H26BN3O/c1-3-14-27(15-4-1)46-35-22-10-7-18-29(35)33-26-34-43-39(41(33)46)30-19-8-11-23-36(30)47(43)37-24-13-21-32-40(37)45(34)48(28-16-5-2-6-17-28)42-31-20-9-12-25-38(31)49-44(32)42/h1-26H. The summed E-state index contributed by atoms with van der Waals surface area (Å²) in [6.45, 7) is -0.0790. The lowest BCUT2D eigenvalue weighted by Crippen LogP contribution is -2.60. The molecule has 49 heavy (non-hydrogen) atoms. The number of para-hydroxylation sites is 5. The highest BCUT2D eigenvalue weighted by molar-refractivity contribution is 6.94. The van der Waals surface area contributed by atoms with Crippen molar-refractivity contribution in [1.82, 2.24) is 9.13 Å². The molecule has 4 nitrogen and oxygen atoms in total. The molecule has 12 rings (SSSR count). The fourth-order valence-corrected chi connectivity index (χ4v) is 9.04. The minimum Gasteiger partial charge on any atom is -0.454 e. The first-order chi connectivity index (χ1) is 24.4. The molecule has 3 aromatic heterocycles. The van der Waals surface area contributed by atoms with Crippen molar-refractivity contribution in [2.45, 2.75) is 0 Å². The number of furan rings is 1. The average molecular weight is 624 g/mol. The third-order valence-corrected chi connectivity index (χ3v) is 10.9. The molecule has 5 heterocycles. The molecule has 0 saturated heterocycles. The summed E-state index contributed by atoms with van der Waals surface area (Å²) < 4.78 is 11.8. The number of anilines is 2. The highest BCUT2D eigenvalue weighted by Crippen LogP contribution is 2.50. The second-order valence-corrected chi connectivity index (χ2v) is 13.2. The average Bonchev–Trinajstić information content (AvgIpc) is 3.83. The van der Waals surface area contributed by atoms with Crippen molar-refractivity contribution in [3.05, 3.63) is 158 Å². The molecule has 0 saturated carbocycles. The van der Waals surface area contributed by atoms with Crippen molar-refractivity contribution < 1.29 is 4.42 Å². The molecule has 226 valence electrons. The highest BCUT2D eigenvalue weighted by atomic mass is 16.3. The maximum absolute atomic E-state index is 6.80. The Kier molecular flexibility index (Phi) is 4.77. The maximum Gasteiger partial charge on any atom is 0.333 e. The van der Waals surface area contributed by atoms with Crippen molar-refractivity contribution >= 4 is 83.7 Å². The summed E-state index contributed by atoms with van der Waals surface area (Å²) >= 11 is 0. The lowest BCUT2D eigenvalue weighted by Gasteiger charge is -2.40. The number of fused-ring (bicyclic) bond motifs is 13.